The lowest BCUT2D eigenvalue weighted by Gasteiger charge is -2.44. The largest absolute Gasteiger partial charge is 0.357 e. The standard InChI is InChI=1S/C25H29ClO2/c1-7-17-9-10-19(18-11-13-20(26)14-12-18)15-21(17)22-16(3)24(4,5)28-25(6,8-2)23(22)27/h9-15H,7-8H2,1-6H3. The number of ether oxygens (including phenoxy) is 1. The second kappa shape index (κ2) is 7.50. The van der Waals surface area contributed by atoms with E-state index in [1.165, 1.54) is 5.56 Å². The van der Waals surface area contributed by atoms with Crippen molar-refractivity contribution in [2.75, 3.05) is 0 Å². The van der Waals surface area contributed by atoms with E-state index in [9.17, 15) is 4.79 Å². The summed E-state index contributed by atoms with van der Waals surface area (Å²) in [5.41, 5.74) is 4.88. The molecule has 0 bridgehead atoms. The molecule has 0 N–H and O–H groups in total. The van der Waals surface area contributed by atoms with Crippen LogP contribution < -0.4 is 0 Å². The molecule has 3 heteroatoms. The number of hydrogen-bond acceptors (Lipinski definition) is 2. The fourth-order valence-corrected chi connectivity index (χ4v) is 4.04. The molecular formula is C25H29ClO2. The third-order valence-corrected chi connectivity index (χ3v) is 6.33. The fourth-order valence-electron chi connectivity index (χ4n) is 3.92. The van der Waals surface area contributed by atoms with E-state index in [0.29, 0.717) is 11.4 Å². The predicted octanol–water partition coefficient (Wildman–Crippen LogP) is 6.89. The topological polar surface area (TPSA) is 26.3 Å². The summed E-state index contributed by atoms with van der Waals surface area (Å²) in [6.45, 7) is 12.2. The van der Waals surface area contributed by atoms with Crippen LogP contribution in [0.5, 0.6) is 0 Å². The van der Waals surface area contributed by atoms with Gasteiger partial charge < -0.3 is 4.74 Å². The molecule has 1 unspecified atom stereocenters. The highest BCUT2D eigenvalue weighted by atomic mass is 35.5. The van der Waals surface area contributed by atoms with Crippen LogP contribution in [0.3, 0.4) is 0 Å². The Morgan fingerprint density at radius 1 is 0.964 bits per heavy atom. The Hall–Kier alpha value is -1.90. The molecule has 0 saturated heterocycles. The van der Waals surface area contributed by atoms with Crippen LogP contribution in [0, 0.1) is 0 Å². The van der Waals surface area contributed by atoms with Gasteiger partial charge in [0.25, 0.3) is 0 Å². The maximum atomic E-state index is 13.5. The fraction of sp³-hybridized carbons (Fsp3) is 0.400. The SMILES string of the molecule is CCc1ccc(-c2ccc(Cl)cc2)cc1C1=C(C)C(C)(C)OC(C)(CC)C1=O. The molecule has 0 aliphatic carbocycles. The zero-order valence-corrected chi connectivity index (χ0v) is 18.4. The first-order chi connectivity index (χ1) is 13.1. The second-order valence-electron chi connectivity index (χ2n) is 8.26. The molecular weight excluding hydrogens is 368 g/mol. The molecule has 2 aromatic carbocycles. The monoisotopic (exact) mass is 396 g/mol. The van der Waals surface area contributed by atoms with E-state index < -0.39 is 11.2 Å². The molecule has 1 aliphatic rings. The number of Topliss-reactive ketones (excluding diaryl/α,β-unsaturated/α-hetero) is 1. The van der Waals surface area contributed by atoms with Crippen LogP contribution in [-0.4, -0.2) is 17.0 Å². The lowest BCUT2D eigenvalue weighted by atomic mass is 9.76. The van der Waals surface area contributed by atoms with Crippen molar-refractivity contribution < 1.29 is 9.53 Å². The normalized spacial score (nSPS) is 21.9. The highest BCUT2D eigenvalue weighted by Gasteiger charge is 2.47. The molecule has 0 saturated carbocycles. The molecule has 148 valence electrons. The summed E-state index contributed by atoms with van der Waals surface area (Å²) in [5.74, 6) is 0.0785. The molecule has 0 radical (unpaired) electrons. The van der Waals surface area contributed by atoms with Gasteiger partial charge in [0.2, 0.25) is 0 Å². The van der Waals surface area contributed by atoms with Crippen molar-refractivity contribution in [2.24, 2.45) is 0 Å². The van der Waals surface area contributed by atoms with Crippen LogP contribution in [0.1, 0.15) is 59.1 Å². The van der Waals surface area contributed by atoms with Crippen LogP contribution in [0.2, 0.25) is 5.02 Å². The zero-order chi connectivity index (χ0) is 20.7. The van der Waals surface area contributed by atoms with Crippen LogP contribution in [0.25, 0.3) is 16.7 Å². The molecule has 0 amide bonds. The molecule has 3 rings (SSSR count). The number of hydrogen-bond donors (Lipinski definition) is 0. The van der Waals surface area contributed by atoms with Gasteiger partial charge in [-0.05, 0) is 86.6 Å². The van der Waals surface area contributed by atoms with Crippen molar-refractivity contribution in [2.45, 2.75) is 65.6 Å². The lowest BCUT2D eigenvalue weighted by molar-refractivity contribution is -0.157. The zero-order valence-electron chi connectivity index (χ0n) is 17.7. The van der Waals surface area contributed by atoms with Gasteiger partial charge >= 0.3 is 0 Å². The molecule has 1 aliphatic heterocycles. The average molecular weight is 397 g/mol. The predicted molar refractivity (Wildman–Crippen MR) is 118 cm³/mol. The van der Waals surface area contributed by atoms with E-state index in [1.807, 2.05) is 45.0 Å². The minimum Gasteiger partial charge on any atom is -0.357 e. The summed E-state index contributed by atoms with van der Waals surface area (Å²) in [6.07, 6.45) is 1.51. The highest BCUT2D eigenvalue weighted by Crippen LogP contribution is 2.43. The van der Waals surface area contributed by atoms with Gasteiger partial charge in [0.1, 0.15) is 5.60 Å². The summed E-state index contributed by atoms with van der Waals surface area (Å²) in [5, 5.41) is 0.716. The van der Waals surface area contributed by atoms with E-state index in [-0.39, 0.29) is 5.78 Å². The van der Waals surface area contributed by atoms with Gasteiger partial charge in [0.15, 0.2) is 5.78 Å². The summed E-state index contributed by atoms with van der Waals surface area (Å²) in [7, 11) is 0. The van der Waals surface area contributed by atoms with Gasteiger partial charge in [-0.3, -0.25) is 4.79 Å². The first kappa shape index (κ1) is 20.8. The Morgan fingerprint density at radius 2 is 1.57 bits per heavy atom. The second-order valence-corrected chi connectivity index (χ2v) is 8.69. The number of aryl methyl sites for hydroxylation is 1. The molecule has 0 aromatic heterocycles. The van der Waals surface area contributed by atoms with Crippen molar-refractivity contribution in [3.05, 3.63) is 64.2 Å². The first-order valence-corrected chi connectivity index (χ1v) is 10.4. The van der Waals surface area contributed by atoms with Gasteiger partial charge in [-0.25, -0.2) is 0 Å². The summed E-state index contributed by atoms with van der Waals surface area (Å²) in [4.78, 5) is 13.5. The molecule has 28 heavy (non-hydrogen) atoms. The van der Waals surface area contributed by atoms with Crippen molar-refractivity contribution in [3.8, 4) is 11.1 Å². The van der Waals surface area contributed by atoms with Crippen LogP contribution in [0.4, 0.5) is 0 Å². The molecule has 0 fully saturated rings. The molecule has 1 atom stereocenters. The maximum absolute atomic E-state index is 13.5. The summed E-state index contributed by atoms with van der Waals surface area (Å²) >= 11 is 6.05. The van der Waals surface area contributed by atoms with E-state index in [2.05, 4.69) is 39.0 Å². The van der Waals surface area contributed by atoms with E-state index in [4.69, 9.17) is 16.3 Å². The summed E-state index contributed by atoms with van der Waals surface area (Å²) in [6, 6.07) is 14.2. The van der Waals surface area contributed by atoms with Gasteiger partial charge in [0.05, 0.1) is 5.60 Å². The minimum atomic E-state index is -0.806. The van der Waals surface area contributed by atoms with Gasteiger partial charge in [0, 0.05) is 10.6 Å². The van der Waals surface area contributed by atoms with Crippen molar-refractivity contribution in [3.63, 3.8) is 0 Å². The molecule has 2 nitrogen and oxygen atoms in total. The van der Waals surface area contributed by atoms with E-state index in [0.717, 1.165) is 34.3 Å². The number of halogens is 1. The molecule has 1 heterocycles. The Kier molecular flexibility index (Phi) is 5.58. The highest BCUT2D eigenvalue weighted by molar-refractivity contribution is 6.30. The van der Waals surface area contributed by atoms with Crippen molar-refractivity contribution in [1.29, 1.82) is 0 Å². The molecule has 2 aromatic rings. The molecule has 0 spiro atoms. The maximum Gasteiger partial charge on any atom is 0.195 e. The Morgan fingerprint density at radius 3 is 2.14 bits per heavy atom. The third-order valence-electron chi connectivity index (χ3n) is 6.08. The quantitative estimate of drug-likeness (QED) is 0.562. The van der Waals surface area contributed by atoms with Gasteiger partial charge in [-0.15, -0.1) is 0 Å². The number of carbonyl (C=O) groups is 1. The Balaban J connectivity index is 2.24. The number of ketones is 1. The minimum absolute atomic E-state index is 0.0785. The van der Waals surface area contributed by atoms with Gasteiger partial charge in [-0.2, -0.15) is 0 Å². The van der Waals surface area contributed by atoms with Crippen molar-refractivity contribution >= 4 is 23.0 Å². The van der Waals surface area contributed by atoms with Crippen molar-refractivity contribution in [1.82, 2.24) is 0 Å². The smallest absolute Gasteiger partial charge is 0.195 e. The lowest BCUT2D eigenvalue weighted by Crippen LogP contribution is -2.50. The Labute approximate surface area is 173 Å². The third kappa shape index (κ3) is 3.56. The van der Waals surface area contributed by atoms with Gasteiger partial charge in [-0.1, -0.05) is 49.7 Å². The van der Waals surface area contributed by atoms with Crippen LogP contribution in [-0.2, 0) is 16.0 Å². The van der Waals surface area contributed by atoms with Crippen LogP contribution >= 0.6 is 11.6 Å². The van der Waals surface area contributed by atoms with Crippen LogP contribution in [0.15, 0.2) is 48.0 Å². The van der Waals surface area contributed by atoms with E-state index >= 15 is 0 Å². The van der Waals surface area contributed by atoms with E-state index in [1.54, 1.807) is 0 Å². The average Bonchev–Trinajstić information content (AvgIpc) is 2.67. The Bertz CT molecular complexity index is 938. The first-order valence-electron chi connectivity index (χ1n) is 9.98. The number of carbonyl (C=O) groups excluding carboxylic acids is 1. The summed E-state index contributed by atoms with van der Waals surface area (Å²) < 4.78 is 6.27. The number of rotatable bonds is 4. The number of benzene rings is 2.